The fraction of sp³-hybridized carbons (Fsp3) is 0.529. The number of ether oxygens (including phenoxy) is 1. The Morgan fingerprint density at radius 2 is 1.87 bits per heavy atom. The molecule has 0 radical (unpaired) electrons. The molecule has 1 heterocycles. The van der Waals surface area contributed by atoms with Crippen molar-refractivity contribution in [2.24, 2.45) is 0 Å². The minimum absolute atomic E-state index is 0.0956. The number of carbonyl (C=O) groups is 2. The van der Waals surface area contributed by atoms with Crippen molar-refractivity contribution < 1.29 is 14.3 Å². The molecule has 1 aromatic carbocycles. The molecule has 126 valence electrons. The van der Waals surface area contributed by atoms with Crippen molar-refractivity contribution in [3.8, 4) is 5.75 Å². The number of urea groups is 1. The maximum Gasteiger partial charge on any atom is 0.319 e. The van der Waals surface area contributed by atoms with Gasteiger partial charge in [-0.3, -0.25) is 4.79 Å². The summed E-state index contributed by atoms with van der Waals surface area (Å²) in [6.07, 6.45) is 2.54. The summed E-state index contributed by atoms with van der Waals surface area (Å²) in [7, 11) is 0. The van der Waals surface area contributed by atoms with Crippen molar-refractivity contribution in [1.82, 2.24) is 10.2 Å². The summed E-state index contributed by atoms with van der Waals surface area (Å²) in [6.45, 7) is 5.72. The Balaban J connectivity index is 1.75. The number of amides is 3. The van der Waals surface area contributed by atoms with E-state index in [0.717, 1.165) is 30.7 Å². The number of nitrogens with one attached hydrogen (secondary N) is 2. The first kappa shape index (κ1) is 17.1. The zero-order chi connectivity index (χ0) is 16.7. The first-order valence-electron chi connectivity index (χ1n) is 8.14. The third-order valence-electron chi connectivity index (χ3n) is 3.86. The second-order valence-corrected chi connectivity index (χ2v) is 5.75. The summed E-state index contributed by atoms with van der Waals surface area (Å²) >= 11 is 0. The summed E-state index contributed by atoms with van der Waals surface area (Å²) in [6, 6.07) is 7.23. The Hall–Kier alpha value is -2.24. The molecule has 6 heteroatoms. The molecule has 1 saturated heterocycles. The molecule has 23 heavy (non-hydrogen) atoms. The Labute approximate surface area is 137 Å². The smallest absolute Gasteiger partial charge is 0.319 e. The summed E-state index contributed by atoms with van der Waals surface area (Å²) in [4.78, 5) is 25.1. The molecule has 3 amide bonds. The lowest BCUT2D eigenvalue weighted by molar-refractivity contribution is -0.129. The van der Waals surface area contributed by atoms with E-state index in [1.807, 2.05) is 29.2 Å². The van der Waals surface area contributed by atoms with Gasteiger partial charge in [0.05, 0.1) is 6.61 Å². The minimum Gasteiger partial charge on any atom is -0.494 e. The van der Waals surface area contributed by atoms with Gasteiger partial charge in [0.1, 0.15) is 5.75 Å². The lowest BCUT2D eigenvalue weighted by Crippen LogP contribution is -2.47. The van der Waals surface area contributed by atoms with Crippen LogP contribution in [0.3, 0.4) is 0 Å². The van der Waals surface area contributed by atoms with E-state index in [4.69, 9.17) is 4.74 Å². The molecule has 6 nitrogen and oxygen atoms in total. The second kappa shape index (κ2) is 8.41. The standard InChI is InChI=1S/C17H25N3O3/c1-3-12-23-16-6-4-14(5-7-16)18-17(22)19-15-8-10-20(11-9-15)13(2)21/h4-7,15H,3,8-12H2,1-2H3,(H2,18,19,22). The van der Waals surface area contributed by atoms with Crippen LogP contribution in [0.4, 0.5) is 10.5 Å². The van der Waals surface area contributed by atoms with Crippen molar-refractivity contribution in [2.45, 2.75) is 39.2 Å². The van der Waals surface area contributed by atoms with Crippen molar-refractivity contribution >= 4 is 17.6 Å². The van der Waals surface area contributed by atoms with Crippen LogP contribution in [-0.2, 0) is 4.79 Å². The van der Waals surface area contributed by atoms with Crippen LogP contribution in [0.5, 0.6) is 5.75 Å². The van der Waals surface area contributed by atoms with Crippen molar-refractivity contribution in [2.75, 3.05) is 25.0 Å². The Morgan fingerprint density at radius 3 is 2.43 bits per heavy atom. The van der Waals surface area contributed by atoms with Crippen LogP contribution < -0.4 is 15.4 Å². The van der Waals surface area contributed by atoms with Gasteiger partial charge in [-0.15, -0.1) is 0 Å². The first-order chi connectivity index (χ1) is 11.1. The lowest BCUT2D eigenvalue weighted by atomic mass is 10.1. The predicted octanol–water partition coefficient (Wildman–Crippen LogP) is 2.61. The Kier molecular flexibility index (Phi) is 6.26. The van der Waals surface area contributed by atoms with Crippen LogP contribution in [0.25, 0.3) is 0 Å². The number of hydrogen-bond acceptors (Lipinski definition) is 3. The summed E-state index contributed by atoms with van der Waals surface area (Å²) in [5, 5.41) is 5.78. The average molecular weight is 319 g/mol. The minimum atomic E-state index is -0.214. The molecule has 2 rings (SSSR count). The highest BCUT2D eigenvalue weighted by atomic mass is 16.5. The van der Waals surface area contributed by atoms with Crippen LogP contribution >= 0.6 is 0 Å². The van der Waals surface area contributed by atoms with Gasteiger partial charge in [0.25, 0.3) is 0 Å². The molecule has 1 aromatic rings. The highest BCUT2D eigenvalue weighted by molar-refractivity contribution is 5.89. The van der Waals surface area contributed by atoms with E-state index < -0.39 is 0 Å². The number of piperidine rings is 1. The maximum absolute atomic E-state index is 12.0. The number of hydrogen-bond donors (Lipinski definition) is 2. The van der Waals surface area contributed by atoms with E-state index in [0.29, 0.717) is 19.7 Å². The zero-order valence-electron chi connectivity index (χ0n) is 13.8. The lowest BCUT2D eigenvalue weighted by Gasteiger charge is -2.31. The normalized spacial score (nSPS) is 15.1. The third kappa shape index (κ3) is 5.47. The number of carbonyl (C=O) groups excluding carboxylic acids is 2. The van der Waals surface area contributed by atoms with Crippen molar-refractivity contribution in [1.29, 1.82) is 0 Å². The zero-order valence-corrected chi connectivity index (χ0v) is 13.8. The van der Waals surface area contributed by atoms with Crippen molar-refractivity contribution in [3.05, 3.63) is 24.3 Å². The van der Waals surface area contributed by atoms with Gasteiger partial charge in [0, 0.05) is 31.7 Å². The Bertz CT molecular complexity index is 522. The molecule has 1 fully saturated rings. The largest absolute Gasteiger partial charge is 0.494 e. The highest BCUT2D eigenvalue weighted by Gasteiger charge is 2.21. The summed E-state index contributed by atoms with van der Waals surface area (Å²) < 4.78 is 5.51. The molecule has 0 saturated carbocycles. The molecule has 0 aliphatic carbocycles. The third-order valence-corrected chi connectivity index (χ3v) is 3.86. The van der Waals surface area contributed by atoms with Crippen LogP contribution in [0.2, 0.25) is 0 Å². The number of nitrogens with zero attached hydrogens (tertiary/aromatic N) is 1. The fourth-order valence-electron chi connectivity index (χ4n) is 2.55. The van der Waals surface area contributed by atoms with E-state index in [1.165, 1.54) is 0 Å². The van der Waals surface area contributed by atoms with Gasteiger partial charge in [-0.2, -0.15) is 0 Å². The molecular weight excluding hydrogens is 294 g/mol. The predicted molar refractivity (Wildman–Crippen MR) is 89.7 cm³/mol. The van der Waals surface area contributed by atoms with Gasteiger partial charge in [-0.25, -0.2) is 4.79 Å². The van der Waals surface area contributed by atoms with E-state index in [1.54, 1.807) is 6.92 Å². The molecule has 0 aromatic heterocycles. The number of anilines is 1. The quantitative estimate of drug-likeness (QED) is 0.876. The van der Waals surface area contributed by atoms with Crippen LogP contribution in [0.1, 0.15) is 33.1 Å². The van der Waals surface area contributed by atoms with Gasteiger partial charge in [0.2, 0.25) is 5.91 Å². The molecule has 0 spiro atoms. The number of benzene rings is 1. The van der Waals surface area contributed by atoms with Crippen LogP contribution in [-0.4, -0.2) is 42.6 Å². The van der Waals surface area contributed by atoms with Gasteiger partial charge in [0.15, 0.2) is 0 Å². The molecular formula is C17H25N3O3. The van der Waals surface area contributed by atoms with Gasteiger partial charge < -0.3 is 20.3 Å². The fourth-order valence-corrected chi connectivity index (χ4v) is 2.55. The van der Waals surface area contributed by atoms with Crippen LogP contribution in [0, 0.1) is 0 Å². The van der Waals surface area contributed by atoms with Crippen molar-refractivity contribution in [3.63, 3.8) is 0 Å². The molecule has 0 bridgehead atoms. The summed E-state index contributed by atoms with van der Waals surface area (Å²) in [5.74, 6) is 0.896. The average Bonchev–Trinajstić information content (AvgIpc) is 2.54. The molecule has 2 N–H and O–H groups in total. The van der Waals surface area contributed by atoms with E-state index in [9.17, 15) is 9.59 Å². The van der Waals surface area contributed by atoms with Gasteiger partial charge in [-0.05, 0) is 43.5 Å². The monoisotopic (exact) mass is 319 g/mol. The van der Waals surface area contributed by atoms with Gasteiger partial charge >= 0.3 is 6.03 Å². The van der Waals surface area contributed by atoms with Gasteiger partial charge in [-0.1, -0.05) is 6.92 Å². The highest BCUT2D eigenvalue weighted by Crippen LogP contribution is 2.16. The van der Waals surface area contributed by atoms with Crippen LogP contribution in [0.15, 0.2) is 24.3 Å². The van der Waals surface area contributed by atoms with E-state index in [-0.39, 0.29) is 18.0 Å². The second-order valence-electron chi connectivity index (χ2n) is 5.75. The number of rotatable bonds is 5. The SMILES string of the molecule is CCCOc1ccc(NC(=O)NC2CCN(C(C)=O)CC2)cc1. The topological polar surface area (TPSA) is 70.7 Å². The Morgan fingerprint density at radius 1 is 1.22 bits per heavy atom. The first-order valence-corrected chi connectivity index (χ1v) is 8.14. The maximum atomic E-state index is 12.0. The molecule has 1 aliphatic rings. The van der Waals surface area contributed by atoms with E-state index >= 15 is 0 Å². The summed E-state index contributed by atoms with van der Waals surface area (Å²) in [5.41, 5.74) is 0.729. The molecule has 0 atom stereocenters. The molecule has 1 aliphatic heterocycles. The van der Waals surface area contributed by atoms with E-state index in [2.05, 4.69) is 17.6 Å². The number of likely N-dealkylation sites (tertiary alicyclic amines) is 1. The molecule has 0 unspecified atom stereocenters.